The Morgan fingerprint density at radius 1 is 0.957 bits per heavy atom. The van der Waals surface area contributed by atoms with E-state index in [-0.39, 0.29) is 12.8 Å². The molecule has 1 saturated carbocycles. The standard InChI is InChI=1S/C36H54O10/c1-9-11-12-13-14-15-16-17-30(41)45-31-23(4)35(8,19-18-22(3)10-2)29-21-27(40)20-28-33(43-25(6)38)46-34(44-26(7)39)36(28,29)32(31)42-24(5)37/h10,18,20,23,27,29,31-34,40H,2,9,11-17,19,21H2,1,3-8H3. The Bertz CT molecular complexity index is 1190. The van der Waals surface area contributed by atoms with Gasteiger partial charge in [0.1, 0.15) is 11.5 Å². The van der Waals surface area contributed by atoms with Gasteiger partial charge in [-0.2, -0.15) is 0 Å². The first-order chi connectivity index (χ1) is 21.7. The van der Waals surface area contributed by atoms with Crippen molar-refractivity contribution in [2.45, 2.75) is 144 Å². The molecule has 1 N–H and O–H groups in total. The maximum Gasteiger partial charge on any atom is 0.306 e. The van der Waals surface area contributed by atoms with E-state index >= 15 is 0 Å². The second-order valence-electron chi connectivity index (χ2n) is 13.4. The minimum atomic E-state index is -1.45. The number of unbranched alkanes of at least 4 members (excludes halogenated alkanes) is 6. The molecule has 1 spiro atoms. The molecular formula is C36H54O10. The van der Waals surface area contributed by atoms with Gasteiger partial charge in [0.2, 0.25) is 12.6 Å². The summed E-state index contributed by atoms with van der Waals surface area (Å²) in [6.07, 6.45) is 7.65. The van der Waals surface area contributed by atoms with Crippen LogP contribution in [0.3, 0.4) is 0 Å². The molecule has 258 valence electrons. The number of allylic oxidation sites excluding steroid dienone is 3. The van der Waals surface area contributed by atoms with Gasteiger partial charge >= 0.3 is 23.9 Å². The summed E-state index contributed by atoms with van der Waals surface area (Å²) in [5.74, 6) is -3.29. The summed E-state index contributed by atoms with van der Waals surface area (Å²) in [4.78, 5) is 51.1. The summed E-state index contributed by atoms with van der Waals surface area (Å²) in [6, 6.07) is 0. The number of carbonyl (C=O) groups excluding carboxylic acids is 4. The van der Waals surface area contributed by atoms with Crippen LogP contribution in [0, 0.1) is 22.7 Å². The number of aliphatic hydroxyl groups excluding tert-OH is 1. The lowest BCUT2D eigenvalue weighted by Crippen LogP contribution is -2.69. The Morgan fingerprint density at radius 3 is 2.15 bits per heavy atom. The van der Waals surface area contributed by atoms with Crippen LogP contribution in [-0.2, 0) is 42.9 Å². The number of esters is 4. The van der Waals surface area contributed by atoms with Crippen LogP contribution in [0.2, 0.25) is 0 Å². The highest BCUT2D eigenvalue weighted by molar-refractivity contribution is 5.70. The summed E-state index contributed by atoms with van der Waals surface area (Å²) in [5, 5.41) is 11.2. The molecule has 0 aromatic rings. The molecule has 1 aliphatic heterocycles. The molecule has 0 bridgehead atoms. The first kappa shape index (κ1) is 37.5. The number of rotatable bonds is 15. The van der Waals surface area contributed by atoms with Gasteiger partial charge in [0.25, 0.3) is 0 Å². The summed E-state index contributed by atoms with van der Waals surface area (Å²) in [6.45, 7) is 15.7. The molecule has 0 radical (unpaired) electrons. The quantitative estimate of drug-likeness (QED) is 0.0715. The van der Waals surface area contributed by atoms with Gasteiger partial charge in [-0.25, -0.2) is 0 Å². The van der Waals surface area contributed by atoms with E-state index < -0.39 is 77.4 Å². The van der Waals surface area contributed by atoms with Crippen molar-refractivity contribution in [2.75, 3.05) is 0 Å². The predicted octanol–water partition coefficient (Wildman–Crippen LogP) is 6.25. The van der Waals surface area contributed by atoms with Crippen molar-refractivity contribution in [2.24, 2.45) is 22.7 Å². The van der Waals surface area contributed by atoms with E-state index in [2.05, 4.69) is 13.5 Å². The Labute approximate surface area is 273 Å². The van der Waals surface area contributed by atoms with Gasteiger partial charge < -0.3 is 24.1 Å². The molecule has 0 aromatic carbocycles. The molecule has 3 rings (SSSR count). The number of hydrogen-bond donors (Lipinski definition) is 1. The SMILES string of the molecule is C=CC(C)=CCC1(C)C(C)C(OC(=O)CCCCCCCCC)C(OC(C)=O)C23C(=CC(O)CC12)C(OC(C)=O)OC3OC(C)=O. The highest BCUT2D eigenvalue weighted by atomic mass is 16.8. The Morgan fingerprint density at radius 2 is 1.57 bits per heavy atom. The maximum absolute atomic E-state index is 13.5. The maximum atomic E-state index is 13.5. The lowest BCUT2D eigenvalue weighted by Gasteiger charge is -2.62. The van der Waals surface area contributed by atoms with Crippen LogP contribution in [0.4, 0.5) is 0 Å². The average Bonchev–Trinajstić information content (AvgIpc) is 3.26. The third kappa shape index (κ3) is 8.11. The monoisotopic (exact) mass is 646 g/mol. The normalized spacial score (nSPS) is 33.6. The zero-order valence-corrected chi connectivity index (χ0v) is 28.7. The number of ether oxygens (including phenoxy) is 5. The van der Waals surface area contributed by atoms with E-state index in [4.69, 9.17) is 23.7 Å². The highest BCUT2D eigenvalue weighted by Gasteiger charge is 2.75. The van der Waals surface area contributed by atoms with Crippen molar-refractivity contribution in [3.8, 4) is 0 Å². The number of hydrogen-bond acceptors (Lipinski definition) is 10. The van der Waals surface area contributed by atoms with E-state index in [0.717, 1.165) is 24.8 Å². The molecule has 2 aliphatic carbocycles. The van der Waals surface area contributed by atoms with Crippen LogP contribution in [0.25, 0.3) is 0 Å². The van der Waals surface area contributed by atoms with Crippen LogP contribution in [-0.4, -0.2) is 59.9 Å². The fourth-order valence-electron chi connectivity index (χ4n) is 7.73. The van der Waals surface area contributed by atoms with Crippen LogP contribution in [0.1, 0.15) is 113 Å². The van der Waals surface area contributed by atoms with Crippen molar-refractivity contribution >= 4 is 23.9 Å². The van der Waals surface area contributed by atoms with Crippen molar-refractivity contribution in [1.82, 2.24) is 0 Å². The van der Waals surface area contributed by atoms with Crippen LogP contribution in [0.5, 0.6) is 0 Å². The first-order valence-corrected chi connectivity index (χ1v) is 16.8. The van der Waals surface area contributed by atoms with Crippen LogP contribution in [0.15, 0.2) is 36.0 Å². The zero-order valence-electron chi connectivity index (χ0n) is 28.7. The third-order valence-corrected chi connectivity index (χ3v) is 10.2. The molecule has 9 atom stereocenters. The van der Waals surface area contributed by atoms with Gasteiger partial charge in [0.05, 0.1) is 6.10 Å². The van der Waals surface area contributed by atoms with E-state index in [1.54, 1.807) is 6.08 Å². The molecular weight excluding hydrogens is 592 g/mol. The molecule has 2 fully saturated rings. The summed E-state index contributed by atoms with van der Waals surface area (Å²) < 4.78 is 29.9. The van der Waals surface area contributed by atoms with Crippen LogP contribution >= 0.6 is 0 Å². The van der Waals surface area contributed by atoms with Gasteiger partial charge in [-0.15, -0.1) is 0 Å². The lowest BCUT2D eigenvalue weighted by molar-refractivity contribution is -0.279. The van der Waals surface area contributed by atoms with Crippen molar-refractivity contribution in [3.05, 3.63) is 36.0 Å². The van der Waals surface area contributed by atoms with E-state index in [9.17, 15) is 24.3 Å². The van der Waals surface area contributed by atoms with Crippen LogP contribution < -0.4 is 0 Å². The van der Waals surface area contributed by atoms with Gasteiger partial charge in [0.15, 0.2) is 6.10 Å². The van der Waals surface area contributed by atoms with Gasteiger partial charge in [-0.05, 0) is 43.6 Å². The second kappa shape index (κ2) is 16.2. The molecule has 1 saturated heterocycles. The molecule has 9 unspecified atom stereocenters. The minimum Gasteiger partial charge on any atom is -0.458 e. The number of carbonyl (C=O) groups is 4. The molecule has 10 nitrogen and oxygen atoms in total. The first-order valence-electron chi connectivity index (χ1n) is 16.8. The second-order valence-corrected chi connectivity index (χ2v) is 13.4. The summed E-state index contributed by atoms with van der Waals surface area (Å²) >= 11 is 0. The average molecular weight is 647 g/mol. The lowest BCUT2D eigenvalue weighted by atomic mass is 9.44. The Kier molecular flexibility index (Phi) is 13.2. The Hall–Kier alpha value is -2.98. The van der Waals surface area contributed by atoms with Gasteiger partial charge in [0, 0.05) is 38.7 Å². The largest absolute Gasteiger partial charge is 0.458 e. The van der Waals surface area contributed by atoms with Crippen molar-refractivity contribution in [1.29, 1.82) is 0 Å². The van der Waals surface area contributed by atoms with Gasteiger partial charge in [-0.3, -0.25) is 23.9 Å². The molecule has 3 aliphatic rings. The van der Waals surface area contributed by atoms with Gasteiger partial charge in [-0.1, -0.05) is 83.6 Å². The molecule has 0 amide bonds. The zero-order chi connectivity index (χ0) is 34.2. The molecule has 0 aromatic heterocycles. The Balaban J connectivity index is 2.15. The highest BCUT2D eigenvalue weighted by Crippen LogP contribution is 2.68. The molecule has 46 heavy (non-hydrogen) atoms. The third-order valence-electron chi connectivity index (χ3n) is 10.2. The van der Waals surface area contributed by atoms with Crippen molar-refractivity contribution in [3.63, 3.8) is 0 Å². The summed E-state index contributed by atoms with van der Waals surface area (Å²) in [7, 11) is 0. The topological polar surface area (TPSA) is 135 Å². The predicted molar refractivity (Wildman–Crippen MR) is 171 cm³/mol. The fraction of sp³-hybridized carbons (Fsp3) is 0.722. The summed E-state index contributed by atoms with van der Waals surface area (Å²) in [5.41, 5.74) is -0.919. The van der Waals surface area contributed by atoms with E-state index in [1.807, 2.05) is 26.8 Å². The molecule has 10 heteroatoms. The number of aliphatic hydroxyl groups is 1. The molecule has 1 heterocycles. The van der Waals surface area contributed by atoms with E-state index in [1.165, 1.54) is 46.1 Å². The van der Waals surface area contributed by atoms with Crippen molar-refractivity contribution < 1.29 is 48.0 Å². The smallest absolute Gasteiger partial charge is 0.306 e. The fourth-order valence-corrected chi connectivity index (χ4v) is 7.73. The minimum absolute atomic E-state index is 0.202. The van der Waals surface area contributed by atoms with E-state index in [0.29, 0.717) is 18.4 Å².